The zero-order valence-electron chi connectivity index (χ0n) is 17.3. The summed E-state index contributed by atoms with van der Waals surface area (Å²) in [6, 6.07) is 15.5. The van der Waals surface area contributed by atoms with Gasteiger partial charge in [0.15, 0.2) is 5.60 Å². The second kappa shape index (κ2) is 8.19. The lowest BCUT2D eigenvalue weighted by molar-refractivity contribution is -0.133. The number of benzene rings is 2. The third kappa shape index (κ3) is 4.10. The minimum atomic E-state index is -0.981. The van der Waals surface area contributed by atoms with Crippen LogP contribution >= 0.6 is 11.6 Å². The van der Waals surface area contributed by atoms with Crippen LogP contribution in [0.3, 0.4) is 0 Å². The van der Waals surface area contributed by atoms with E-state index in [1.807, 2.05) is 23.1 Å². The molecule has 0 N–H and O–H groups in total. The quantitative estimate of drug-likeness (QED) is 0.748. The van der Waals surface area contributed by atoms with Crippen molar-refractivity contribution < 1.29 is 14.3 Å². The Kier molecular flexibility index (Phi) is 5.60. The number of carbonyl (C=O) groups is 2. The number of ether oxygens (including phenoxy) is 1. The molecule has 0 bridgehead atoms. The third-order valence-electron chi connectivity index (χ3n) is 5.64. The summed E-state index contributed by atoms with van der Waals surface area (Å²) in [4.78, 5) is 31.6. The number of piperazine rings is 1. The van der Waals surface area contributed by atoms with Crippen LogP contribution in [0.1, 0.15) is 20.3 Å². The summed E-state index contributed by atoms with van der Waals surface area (Å²) in [7, 11) is 0. The molecule has 0 atom stereocenters. The smallest absolute Gasteiger partial charge is 0.270 e. The first-order valence-corrected chi connectivity index (χ1v) is 10.6. The normalized spacial score (nSPS) is 18.1. The van der Waals surface area contributed by atoms with E-state index in [9.17, 15) is 9.59 Å². The molecule has 1 fully saturated rings. The Hall–Kier alpha value is -2.73. The Balaban J connectivity index is 1.39. The van der Waals surface area contributed by atoms with Crippen LogP contribution in [0.2, 0.25) is 5.02 Å². The second-order valence-corrected chi connectivity index (χ2v) is 8.57. The summed E-state index contributed by atoms with van der Waals surface area (Å²) in [5.74, 6) is 0.496. The van der Waals surface area contributed by atoms with Crippen LogP contribution < -0.4 is 14.5 Å². The summed E-state index contributed by atoms with van der Waals surface area (Å²) in [6.07, 6.45) is 0.263. The molecule has 0 unspecified atom stereocenters. The SMILES string of the molecule is CC1(C)Oc2ccc(Cl)cc2N(CCC(=O)N2CCN(c3ccccc3)CC2)C1=O. The topological polar surface area (TPSA) is 53.1 Å². The minimum Gasteiger partial charge on any atom is -0.476 e. The number of amides is 2. The Morgan fingerprint density at radius 3 is 2.47 bits per heavy atom. The number of rotatable bonds is 4. The van der Waals surface area contributed by atoms with Crippen molar-refractivity contribution in [3.05, 3.63) is 53.6 Å². The zero-order valence-corrected chi connectivity index (χ0v) is 18.1. The molecule has 0 aromatic heterocycles. The van der Waals surface area contributed by atoms with Gasteiger partial charge in [-0.25, -0.2) is 0 Å². The number of para-hydroxylation sites is 1. The predicted octanol–water partition coefficient (Wildman–Crippen LogP) is 3.58. The molecule has 0 spiro atoms. The van der Waals surface area contributed by atoms with Crippen LogP contribution in [0.5, 0.6) is 5.75 Å². The number of hydrogen-bond donors (Lipinski definition) is 0. The predicted molar refractivity (Wildman–Crippen MR) is 118 cm³/mol. The summed E-state index contributed by atoms with van der Waals surface area (Å²) >= 11 is 6.14. The first kappa shape index (κ1) is 20.5. The van der Waals surface area contributed by atoms with Gasteiger partial charge in [0, 0.05) is 49.9 Å². The van der Waals surface area contributed by atoms with Crippen LogP contribution in [0.25, 0.3) is 0 Å². The molecule has 7 heteroatoms. The Labute approximate surface area is 182 Å². The number of anilines is 2. The molecule has 158 valence electrons. The Morgan fingerprint density at radius 1 is 1.07 bits per heavy atom. The number of hydrogen-bond acceptors (Lipinski definition) is 4. The maximum atomic E-state index is 12.9. The first-order chi connectivity index (χ1) is 14.3. The molecule has 30 heavy (non-hydrogen) atoms. The largest absolute Gasteiger partial charge is 0.476 e. The van der Waals surface area contributed by atoms with Crippen molar-refractivity contribution in [1.82, 2.24) is 4.90 Å². The van der Waals surface area contributed by atoms with Crippen LogP contribution in [-0.2, 0) is 9.59 Å². The highest BCUT2D eigenvalue weighted by Crippen LogP contribution is 2.39. The maximum Gasteiger partial charge on any atom is 0.270 e. The molecule has 0 saturated carbocycles. The van der Waals surface area contributed by atoms with Crippen molar-refractivity contribution in [3.8, 4) is 5.75 Å². The Morgan fingerprint density at radius 2 is 1.77 bits per heavy atom. The number of fused-ring (bicyclic) bond motifs is 1. The van der Waals surface area contributed by atoms with Crippen molar-refractivity contribution in [1.29, 1.82) is 0 Å². The molecule has 6 nitrogen and oxygen atoms in total. The lowest BCUT2D eigenvalue weighted by Gasteiger charge is -2.39. The van der Waals surface area contributed by atoms with Crippen LogP contribution in [0.15, 0.2) is 48.5 Å². The standard InChI is InChI=1S/C23H26ClN3O3/c1-23(2)22(29)27(19-16-17(24)8-9-20(19)30-23)11-10-21(28)26-14-12-25(13-15-26)18-6-4-3-5-7-18/h3-9,16H,10-15H2,1-2H3. The van der Waals surface area contributed by atoms with Gasteiger partial charge in [-0.1, -0.05) is 29.8 Å². The van der Waals surface area contributed by atoms with E-state index in [2.05, 4.69) is 17.0 Å². The van der Waals surface area contributed by atoms with Gasteiger partial charge >= 0.3 is 0 Å². The van der Waals surface area contributed by atoms with Crippen LogP contribution in [-0.4, -0.2) is 55.0 Å². The monoisotopic (exact) mass is 427 g/mol. The molecule has 2 aliphatic heterocycles. The van der Waals surface area contributed by atoms with Gasteiger partial charge in [-0.2, -0.15) is 0 Å². The summed E-state index contributed by atoms with van der Waals surface area (Å²) < 4.78 is 5.84. The average molecular weight is 428 g/mol. The van der Waals surface area contributed by atoms with Gasteiger partial charge in [-0.15, -0.1) is 0 Å². The van der Waals surface area contributed by atoms with Crippen molar-refractivity contribution >= 4 is 34.8 Å². The molecule has 0 aliphatic carbocycles. The van der Waals surface area contributed by atoms with Gasteiger partial charge < -0.3 is 19.4 Å². The summed E-state index contributed by atoms with van der Waals surface area (Å²) in [5.41, 5.74) is 0.818. The fourth-order valence-corrected chi connectivity index (χ4v) is 4.15. The van der Waals surface area contributed by atoms with Crippen LogP contribution in [0, 0.1) is 0 Å². The maximum absolute atomic E-state index is 12.9. The number of nitrogens with zero attached hydrogens (tertiary/aromatic N) is 3. The first-order valence-electron chi connectivity index (χ1n) is 10.2. The number of carbonyl (C=O) groups excluding carboxylic acids is 2. The molecular weight excluding hydrogens is 402 g/mol. The molecule has 1 saturated heterocycles. The molecular formula is C23H26ClN3O3. The van der Waals surface area contributed by atoms with Gasteiger partial charge in [0.2, 0.25) is 5.91 Å². The molecule has 2 aliphatic rings. The minimum absolute atomic E-state index is 0.0587. The molecule has 2 heterocycles. The van der Waals surface area contributed by atoms with Crippen molar-refractivity contribution in [2.24, 2.45) is 0 Å². The van der Waals surface area contributed by atoms with Gasteiger partial charge in [0.1, 0.15) is 5.75 Å². The highest BCUT2D eigenvalue weighted by atomic mass is 35.5. The van der Waals surface area contributed by atoms with E-state index in [0.717, 1.165) is 13.1 Å². The summed E-state index contributed by atoms with van der Waals surface area (Å²) in [5, 5.41) is 0.526. The van der Waals surface area contributed by atoms with E-state index in [1.54, 1.807) is 36.9 Å². The van der Waals surface area contributed by atoms with Crippen molar-refractivity contribution in [2.75, 3.05) is 42.5 Å². The van der Waals surface area contributed by atoms with Gasteiger partial charge in [0.05, 0.1) is 5.69 Å². The fraction of sp³-hybridized carbons (Fsp3) is 0.391. The van der Waals surface area contributed by atoms with Crippen molar-refractivity contribution in [2.45, 2.75) is 25.9 Å². The van der Waals surface area contributed by atoms with Crippen molar-refractivity contribution in [3.63, 3.8) is 0 Å². The third-order valence-corrected chi connectivity index (χ3v) is 5.88. The van der Waals surface area contributed by atoms with Crippen LogP contribution in [0.4, 0.5) is 11.4 Å². The van der Waals surface area contributed by atoms with E-state index in [-0.39, 0.29) is 18.2 Å². The average Bonchev–Trinajstić information content (AvgIpc) is 2.75. The molecule has 2 aromatic carbocycles. The highest BCUT2D eigenvalue weighted by Gasteiger charge is 2.41. The highest BCUT2D eigenvalue weighted by molar-refractivity contribution is 6.31. The van der Waals surface area contributed by atoms with Gasteiger partial charge in [0.25, 0.3) is 5.91 Å². The van der Waals surface area contributed by atoms with Gasteiger partial charge in [-0.3, -0.25) is 9.59 Å². The lowest BCUT2D eigenvalue weighted by atomic mass is 10.0. The van der Waals surface area contributed by atoms with Gasteiger partial charge in [-0.05, 0) is 44.2 Å². The molecule has 4 rings (SSSR count). The van der Waals surface area contributed by atoms with E-state index in [0.29, 0.717) is 36.1 Å². The van der Waals surface area contributed by atoms with E-state index in [4.69, 9.17) is 16.3 Å². The van der Waals surface area contributed by atoms with E-state index in [1.165, 1.54) is 5.69 Å². The van der Waals surface area contributed by atoms with E-state index < -0.39 is 5.60 Å². The van der Waals surface area contributed by atoms with E-state index >= 15 is 0 Å². The molecule has 2 aromatic rings. The Bertz CT molecular complexity index is 940. The zero-order chi connectivity index (χ0) is 21.3. The summed E-state index contributed by atoms with van der Waals surface area (Å²) in [6.45, 7) is 6.75. The second-order valence-electron chi connectivity index (χ2n) is 8.13. The molecule has 2 amide bonds. The lowest BCUT2D eigenvalue weighted by Crippen LogP contribution is -2.54. The fourth-order valence-electron chi connectivity index (χ4n) is 3.98. The number of halogens is 1. The molecule has 0 radical (unpaired) electrons.